The molecule has 1 aromatic rings. The molecule has 0 amide bonds. The highest BCUT2D eigenvalue weighted by Crippen LogP contribution is 2.34. The van der Waals surface area contributed by atoms with Crippen LogP contribution in [-0.2, 0) is 9.47 Å². The number of benzene rings is 1. The van der Waals surface area contributed by atoms with Gasteiger partial charge in [-0.15, -0.1) is 0 Å². The Bertz CT molecular complexity index is 632. The molecule has 1 N–H and O–H groups in total. The van der Waals surface area contributed by atoms with Crippen LogP contribution in [0.4, 0.5) is 0 Å². The van der Waals surface area contributed by atoms with Crippen molar-refractivity contribution < 1.29 is 23.7 Å². The first-order valence-corrected chi connectivity index (χ1v) is 9.88. The Kier molecular flexibility index (Phi) is 8.05. The van der Waals surface area contributed by atoms with Crippen molar-refractivity contribution in [3.8, 4) is 17.2 Å². The highest BCUT2D eigenvalue weighted by Gasteiger charge is 2.21. The van der Waals surface area contributed by atoms with E-state index in [9.17, 15) is 0 Å². The van der Waals surface area contributed by atoms with E-state index in [4.69, 9.17) is 23.7 Å². The number of methoxy groups -OCH3 is 1. The number of hydrogen-bond acceptors (Lipinski definition) is 6. The minimum absolute atomic E-state index is 0.269. The summed E-state index contributed by atoms with van der Waals surface area (Å²) in [6, 6.07) is 5.61. The molecule has 0 bridgehead atoms. The summed E-state index contributed by atoms with van der Waals surface area (Å²) in [5, 5.41) is 3.37. The molecule has 8 nitrogen and oxygen atoms in total. The molecule has 3 rings (SSSR count). The topological polar surface area (TPSA) is 73.8 Å². The maximum Gasteiger partial charge on any atom is 0.231 e. The van der Waals surface area contributed by atoms with Gasteiger partial charge in [0.25, 0.3) is 0 Å². The van der Waals surface area contributed by atoms with Gasteiger partial charge in [0, 0.05) is 46.5 Å². The first-order chi connectivity index (χ1) is 13.8. The number of fused-ring (bicyclic) bond motifs is 1. The molecule has 0 atom stereocenters. The van der Waals surface area contributed by atoms with Crippen LogP contribution in [0.2, 0.25) is 0 Å². The van der Waals surface area contributed by atoms with E-state index >= 15 is 0 Å². The lowest BCUT2D eigenvalue weighted by molar-refractivity contribution is 0.00989. The Morgan fingerprint density at radius 2 is 2.00 bits per heavy atom. The normalized spacial score (nSPS) is 17.1. The molecule has 0 spiro atoms. The second kappa shape index (κ2) is 11.0. The Morgan fingerprint density at radius 1 is 1.18 bits per heavy atom. The smallest absolute Gasteiger partial charge is 0.231 e. The third kappa shape index (κ3) is 5.90. The summed E-state index contributed by atoms with van der Waals surface area (Å²) in [5.74, 6) is 3.17. The number of nitrogens with zero attached hydrogens (tertiary/aromatic N) is 2. The van der Waals surface area contributed by atoms with Gasteiger partial charge in [-0.2, -0.15) is 0 Å². The van der Waals surface area contributed by atoms with Gasteiger partial charge in [0.05, 0.1) is 12.6 Å². The molecule has 0 saturated carbocycles. The minimum atomic E-state index is 0.269. The predicted molar refractivity (Wildman–Crippen MR) is 106 cm³/mol. The maximum atomic E-state index is 5.92. The standard InChI is InChI=1S/C20H31N3O5/c1-21-20(23-9-6-16(7-10-23)25-12-3-11-24-2)22-8-13-26-17-4-5-18-19(14-17)28-15-27-18/h4-5,14,16H,3,6-13,15H2,1-2H3,(H,21,22). The van der Waals surface area contributed by atoms with Gasteiger partial charge in [0.1, 0.15) is 12.4 Å². The lowest BCUT2D eigenvalue weighted by Crippen LogP contribution is -2.47. The predicted octanol–water partition coefficient (Wildman–Crippen LogP) is 1.89. The van der Waals surface area contributed by atoms with Gasteiger partial charge in [-0.3, -0.25) is 4.99 Å². The van der Waals surface area contributed by atoms with Gasteiger partial charge in [-0.25, -0.2) is 0 Å². The van der Waals surface area contributed by atoms with Crippen molar-refractivity contribution in [2.45, 2.75) is 25.4 Å². The monoisotopic (exact) mass is 393 g/mol. The largest absolute Gasteiger partial charge is 0.492 e. The number of rotatable bonds is 9. The number of nitrogens with one attached hydrogen (secondary N) is 1. The lowest BCUT2D eigenvalue weighted by atomic mass is 10.1. The van der Waals surface area contributed by atoms with Crippen molar-refractivity contribution >= 4 is 5.96 Å². The van der Waals surface area contributed by atoms with Gasteiger partial charge in [-0.05, 0) is 31.4 Å². The molecule has 28 heavy (non-hydrogen) atoms. The Hall–Kier alpha value is -2.19. The summed E-state index contributed by atoms with van der Waals surface area (Å²) in [6.45, 7) is 4.89. The van der Waals surface area contributed by atoms with Crippen molar-refractivity contribution in [1.29, 1.82) is 0 Å². The maximum absolute atomic E-state index is 5.92. The van der Waals surface area contributed by atoms with Crippen LogP contribution in [0.3, 0.4) is 0 Å². The van der Waals surface area contributed by atoms with E-state index < -0.39 is 0 Å². The van der Waals surface area contributed by atoms with Crippen molar-refractivity contribution in [3.63, 3.8) is 0 Å². The lowest BCUT2D eigenvalue weighted by Gasteiger charge is -2.34. The van der Waals surface area contributed by atoms with E-state index in [1.165, 1.54) is 0 Å². The highest BCUT2D eigenvalue weighted by atomic mass is 16.7. The third-order valence-electron chi connectivity index (χ3n) is 4.80. The fourth-order valence-corrected chi connectivity index (χ4v) is 3.32. The van der Waals surface area contributed by atoms with Crippen LogP contribution in [0.5, 0.6) is 17.2 Å². The number of aliphatic imine (C=N–C) groups is 1. The van der Waals surface area contributed by atoms with Gasteiger partial charge in [0.2, 0.25) is 6.79 Å². The average molecular weight is 393 g/mol. The van der Waals surface area contributed by atoms with Crippen LogP contribution in [0, 0.1) is 0 Å². The van der Waals surface area contributed by atoms with Gasteiger partial charge < -0.3 is 33.9 Å². The second-order valence-electron chi connectivity index (χ2n) is 6.74. The van der Waals surface area contributed by atoms with Crippen LogP contribution in [0.25, 0.3) is 0 Å². The van der Waals surface area contributed by atoms with Gasteiger partial charge in [-0.1, -0.05) is 0 Å². The molecule has 8 heteroatoms. The molecule has 0 radical (unpaired) electrons. The van der Waals surface area contributed by atoms with Crippen molar-refractivity contribution in [2.24, 2.45) is 4.99 Å². The summed E-state index contributed by atoms with van der Waals surface area (Å²) in [5.41, 5.74) is 0. The summed E-state index contributed by atoms with van der Waals surface area (Å²) in [4.78, 5) is 6.67. The number of hydrogen-bond donors (Lipinski definition) is 1. The number of guanidine groups is 1. The molecule has 2 aliphatic heterocycles. The molecule has 0 unspecified atom stereocenters. The zero-order chi connectivity index (χ0) is 19.6. The molecule has 1 aromatic carbocycles. The molecule has 0 aliphatic carbocycles. The van der Waals surface area contributed by atoms with Gasteiger partial charge in [0.15, 0.2) is 17.5 Å². The van der Waals surface area contributed by atoms with Crippen LogP contribution in [0.1, 0.15) is 19.3 Å². The Labute approximate surface area is 166 Å². The van der Waals surface area contributed by atoms with Gasteiger partial charge >= 0.3 is 0 Å². The first-order valence-electron chi connectivity index (χ1n) is 9.88. The molecular formula is C20H31N3O5. The molecular weight excluding hydrogens is 362 g/mol. The quantitative estimate of drug-likeness (QED) is 0.390. The van der Waals surface area contributed by atoms with E-state index in [1.807, 2.05) is 25.2 Å². The van der Waals surface area contributed by atoms with Crippen LogP contribution >= 0.6 is 0 Å². The summed E-state index contributed by atoms with van der Waals surface area (Å²) < 4.78 is 27.4. The summed E-state index contributed by atoms with van der Waals surface area (Å²) in [7, 11) is 3.53. The molecule has 0 aromatic heterocycles. The van der Waals surface area contributed by atoms with E-state index in [-0.39, 0.29) is 6.79 Å². The summed E-state index contributed by atoms with van der Waals surface area (Å²) >= 11 is 0. The van der Waals surface area contributed by atoms with Crippen LogP contribution < -0.4 is 19.5 Å². The second-order valence-corrected chi connectivity index (χ2v) is 6.74. The number of ether oxygens (including phenoxy) is 5. The molecule has 1 saturated heterocycles. The molecule has 2 aliphatic rings. The zero-order valence-corrected chi connectivity index (χ0v) is 16.8. The Morgan fingerprint density at radius 3 is 2.79 bits per heavy atom. The summed E-state index contributed by atoms with van der Waals surface area (Å²) in [6.07, 6.45) is 3.31. The van der Waals surface area contributed by atoms with E-state index in [1.54, 1.807) is 7.11 Å². The Balaban J connectivity index is 1.33. The van der Waals surface area contributed by atoms with E-state index in [0.717, 1.165) is 68.8 Å². The third-order valence-corrected chi connectivity index (χ3v) is 4.80. The fourth-order valence-electron chi connectivity index (χ4n) is 3.32. The minimum Gasteiger partial charge on any atom is -0.492 e. The van der Waals surface area contributed by atoms with Crippen LogP contribution in [0.15, 0.2) is 23.2 Å². The highest BCUT2D eigenvalue weighted by molar-refractivity contribution is 5.79. The SMILES string of the molecule is CN=C(NCCOc1ccc2c(c1)OCO2)N1CCC(OCCCOC)CC1. The van der Waals surface area contributed by atoms with Crippen molar-refractivity contribution in [3.05, 3.63) is 18.2 Å². The van der Waals surface area contributed by atoms with Crippen LogP contribution in [-0.4, -0.2) is 77.4 Å². The van der Waals surface area contributed by atoms with E-state index in [2.05, 4.69) is 15.2 Å². The molecule has 2 heterocycles. The number of piperidine rings is 1. The van der Waals surface area contributed by atoms with Crippen molar-refractivity contribution in [2.75, 3.05) is 60.4 Å². The zero-order valence-electron chi connectivity index (χ0n) is 16.8. The average Bonchev–Trinajstić information content (AvgIpc) is 3.20. The number of likely N-dealkylation sites (tertiary alicyclic amines) is 1. The fraction of sp³-hybridized carbons (Fsp3) is 0.650. The molecule has 1 fully saturated rings. The van der Waals surface area contributed by atoms with E-state index in [0.29, 0.717) is 19.3 Å². The van der Waals surface area contributed by atoms with Crippen molar-refractivity contribution in [1.82, 2.24) is 10.2 Å². The molecule has 156 valence electrons. The first kappa shape index (κ1) is 20.5.